The Hall–Kier alpha value is -0.850. The summed E-state index contributed by atoms with van der Waals surface area (Å²) in [6.45, 7) is 2.42. The van der Waals surface area contributed by atoms with Gasteiger partial charge in [-0.25, -0.2) is 13.1 Å². The molecule has 1 fully saturated rings. The van der Waals surface area contributed by atoms with Crippen molar-refractivity contribution in [2.45, 2.75) is 43.9 Å². The van der Waals surface area contributed by atoms with Crippen molar-refractivity contribution < 1.29 is 12.8 Å². The molecule has 6 heteroatoms. The fourth-order valence-electron chi connectivity index (χ4n) is 2.00. The summed E-state index contributed by atoms with van der Waals surface area (Å²) in [6, 6.07) is 3.13. The molecule has 1 aliphatic rings. The van der Waals surface area contributed by atoms with Crippen LogP contribution in [0.15, 0.2) is 21.6 Å². The molecule has 1 heterocycles. The quantitative estimate of drug-likeness (QED) is 0.788. The smallest absolute Gasteiger partial charge is 0.274 e. The number of hydrogen-bond donors (Lipinski definition) is 2. The number of sulfonamides is 1. The maximum atomic E-state index is 12.0. The van der Waals surface area contributed by atoms with E-state index in [0.29, 0.717) is 18.2 Å². The van der Waals surface area contributed by atoms with Crippen molar-refractivity contribution in [1.82, 2.24) is 10.0 Å². The number of hydrogen-bond acceptors (Lipinski definition) is 4. The third-order valence-corrected chi connectivity index (χ3v) is 4.45. The van der Waals surface area contributed by atoms with Gasteiger partial charge in [0.2, 0.25) is 5.09 Å². The highest BCUT2D eigenvalue weighted by atomic mass is 32.2. The van der Waals surface area contributed by atoms with Crippen LogP contribution in [0.25, 0.3) is 0 Å². The van der Waals surface area contributed by atoms with Gasteiger partial charge >= 0.3 is 0 Å². The van der Waals surface area contributed by atoms with Crippen LogP contribution in [0.2, 0.25) is 0 Å². The number of furan rings is 1. The normalized spacial score (nSPS) is 17.9. The van der Waals surface area contributed by atoms with Crippen molar-refractivity contribution >= 4 is 10.0 Å². The van der Waals surface area contributed by atoms with Gasteiger partial charge in [-0.1, -0.05) is 12.8 Å². The SMILES string of the molecule is CNCc1ccc(S(=O)(=O)NC(C)CC2CC2)o1. The maximum absolute atomic E-state index is 12.0. The molecule has 5 nitrogen and oxygen atoms in total. The monoisotopic (exact) mass is 272 g/mol. The summed E-state index contributed by atoms with van der Waals surface area (Å²) in [7, 11) is -1.73. The average molecular weight is 272 g/mol. The molecule has 18 heavy (non-hydrogen) atoms. The maximum Gasteiger partial charge on any atom is 0.274 e. The molecule has 1 aromatic rings. The molecule has 2 N–H and O–H groups in total. The Kier molecular flexibility index (Phi) is 4.09. The Morgan fingerprint density at radius 2 is 2.17 bits per heavy atom. The zero-order valence-corrected chi connectivity index (χ0v) is 11.6. The second kappa shape index (κ2) is 5.42. The lowest BCUT2D eigenvalue weighted by atomic mass is 10.2. The molecule has 1 atom stereocenters. The van der Waals surface area contributed by atoms with E-state index in [1.54, 1.807) is 13.1 Å². The van der Waals surface area contributed by atoms with Crippen LogP contribution in [0.3, 0.4) is 0 Å². The Morgan fingerprint density at radius 3 is 2.78 bits per heavy atom. The van der Waals surface area contributed by atoms with Crippen molar-refractivity contribution in [2.24, 2.45) is 5.92 Å². The second-order valence-corrected chi connectivity index (χ2v) is 6.60. The van der Waals surface area contributed by atoms with Crippen LogP contribution in [0, 0.1) is 5.92 Å². The highest BCUT2D eigenvalue weighted by Crippen LogP contribution is 2.33. The molecule has 0 aromatic carbocycles. The molecule has 0 radical (unpaired) electrons. The minimum Gasteiger partial charge on any atom is -0.447 e. The van der Waals surface area contributed by atoms with Gasteiger partial charge in [0.05, 0.1) is 6.54 Å². The summed E-state index contributed by atoms with van der Waals surface area (Å²) in [5.74, 6) is 1.31. The van der Waals surface area contributed by atoms with E-state index in [1.807, 2.05) is 6.92 Å². The van der Waals surface area contributed by atoms with E-state index in [9.17, 15) is 8.42 Å². The molecule has 1 unspecified atom stereocenters. The van der Waals surface area contributed by atoms with Crippen molar-refractivity contribution in [3.05, 3.63) is 17.9 Å². The van der Waals surface area contributed by atoms with Crippen molar-refractivity contribution in [3.63, 3.8) is 0 Å². The van der Waals surface area contributed by atoms with E-state index >= 15 is 0 Å². The van der Waals surface area contributed by atoms with Gasteiger partial charge in [0.15, 0.2) is 0 Å². The molecule has 0 amide bonds. The molecule has 2 rings (SSSR count). The molecule has 0 bridgehead atoms. The number of rotatable bonds is 7. The van der Waals surface area contributed by atoms with E-state index in [0.717, 1.165) is 6.42 Å². The minimum atomic E-state index is -3.52. The zero-order chi connectivity index (χ0) is 13.2. The predicted molar refractivity (Wildman–Crippen MR) is 68.6 cm³/mol. The van der Waals surface area contributed by atoms with Crippen LogP contribution in [0.4, 0.5) is 0 Å². The summed E-state index contributed by atoms with van der Waals surface area (Å²) in [4.78, 5) is 0. The summed E-state index contributed by atoms with van der Waals surface area (Å²) in [6.07, 6.45) is 3.35. The molecular weight excluding hydrogens is 252 g/mol. The Morgan fingerprint density at radius 1 is 1.44 bits per heavy atom. The topological polar surface area (TPSA) is 71.3 Å². The molecule has 0 spiro atoms. The first kappa shape index (κ1) is 13.6. The van der Waals surface area contributed by atoms with Crippen molar-refractivity contribution in [3.8, 4) is 0 Å². The standard InChI is InChI=1S/C12H20N2O3S/c1-9(7-10-3-4-10)14-18(15,16)12-6-5-11(17-12)8-13-2/h5-6,9-10,13-14H,3-4,7-8H2,1-2H3. The Bertz CT molecular complexity index is 491. The van der Waals surface area contributed by atoms with Crippen LogP contribution < -0.4 is 10.0 Å². The van der Waals surface area contributed by atoms with Gasteiger partial charge in [0.1, 0.15) is 5.76 Å². The summed E-state index contributed by atoms with van der Waals surface area (Å²) in [5.41, 5.74) is 0. The van der Waals surface area contributed by atoms with Gasteiger partial charge in [0, 0.05) is 6.04 Å². The van der Waals surface area contributed by atoms with Crippen LogP contribution >= 0.6 is 0 Å². The van der Waals surface area contributed by atoms with Gasteiger partial charge in [0.25, 0.3) is 10.0 Å². The molecule has 1 saturated carbocycles. The predicted octanol–water partition coefficient (Wildman–Crippen LogP) is 1.47. The van der Waals surface area contributed by atoms with E-state index in [-0.39, 0.29) is 11.1 Å². The van der Waals surface area contributed by atoms with Crippen LogP contribution in [-0.4, -0.2) is 21.5 Å². The lowest BCUT2D eigenvalue weighted by Gasteiger charge is -2.12. The Balaban J connectivity index is 1.99. The van der Waals surface area contributed by atoms with Gasteiger partial charge in [-0.3, -0.25) is 0 Å². The third-order valence-electron chi connectivity index (χ3n) is 2.99. The molecule has 0 aliphatic heterocycles. The molecule has 102 valence electrons. The lowest BCUT2D eigenvalue weighted by Crippen LogP contribution is -2.32. The van der Waals surface area contributed by atoms with E-state index in [2.05, 4.69) is 10.0 Å². The summed E-state index contributed by atoms with van der Waals surface area (Å²) < 4.78 is 32.0. The highest BCUT2D eigenvalue weighted by Gasteiger charge is 2.27. The second-order valence-electron chi connectivity index (χ2n) is 4.95. The summed E-state index contributed by atoms with van der Waals surface area (Å²) in [5, 5.41) is 2.91. The van der Waals surface area contributed by atoms with Gasteiger partial charge in [-0.2, -0.15) is 0 Å². The first-order valence-electron chi connectivity index (χ1n) is 6.27. The number of nitrogens with one attached hydrogen (secondary N) is 2. The van der Waals surface area contributed by atoms with E-state index < -0.39 is 10.0 Å². The van der Waals surface area contributed by atoms with Crippen LogP contribution in [0.1, 0.15) is 31.9 Å². The summed E-state index contributed by atoms with van der Waals surface area (Å²) >= 11 is 0. The van der Waals surface area contributed by atoms with Gasteiger partial charge in [-0.15, -0.1) is 0 Å². The molecule has 1 aromatic heterocycles. The largest absolute Gasteiger partial charge is 0.447 e. The Labute approximate surface area is 108 Å². The fourth-order valence-corrected chi connectivity index (χ4v) is 3.20. The van der Waals surface area contributed by atoms with Crippen LogP contribution in [-0.2, 0) is 16.6 Å². The van der Waals surface area contributed by atoms with Gasteiger partial charge < -0.3 is 9.73 Å². The third kappa shape index (κ3) is 3.57. The van der Waals surface area contributed by atoms with E-state index in [4.69, 9.17) is 4.42 Å². The molecule has 1 aliphatic carbocycles. The van der Waals surface area contributed by atoms with Crippen molar-refractivity contribution in [2.75, 3.05) is 7.05 Å². The van der Waals surface area contributed by atoms with E-state index in [1.165, 1.54) is 18.9 Å². The van der Waals surface area contributed by atoms with Crippen molar-refractivity contribution in [1.29, 1.82) is 0 Å². The average Bonchev–Trinajstić information content (AvgIpc) is 2.94. The molecular formula is C12H20N2O3S. The van der Waals surface area contributed by atoms with Gasteiger partial charge in [-0.05, 0) is 38.4 Å². The zero-order valence-electron chi connectivity index (χ0n) is 10.8. The highest BCUT2D eigenvalue weighted by molar-refractivity contribution is 7.89. The fraction of sp³-hybridized carbons (Fsp3) is 0.667. The lowest BCUT2D eigenvalue weighted by molar-refractivity contribution is 0.401. The minimum absolute atomic E-state index is 0.00426. The molecule has 0 saturated heterocycles. The first-order chi connectivity index (χ1) is 8.51. The first-order valence-corrected chi connectivity index (χ1v) is 7.75. The van der Waals surface area contributed by atoms with Crippen LogP contribution in [0.5, 0.6) is 0 Å².